The van der Waals surface area contributed by atoms with Crippen molar-refractivity contribution in [2.45, 2.75) is 84.5 Å². The fraction of sp³-hybridized carbons (Fsp3) is 0.531. The normalized spacial score (nSPS) is 15.8. The smallest absolute Gasteiger partial charge is 0.437 e. The van der Waals surface area contributed by atoms with E-state index in [0.717, 1.165) is 48.0 Å². The van der Waals surface area contributed by atoms with Gasteiger partial charge in [0.15, 0.2) is 0 Å². The molecule has 1 aliphatic heterocycles. The van der Waals surface area contributed by atoms with Crippen LogP contribution in [0.5, 0.6) is 5.75 Å². The van der Waals surface area contributed by atoms with E-state index in [4.69, 9.17) is 28.5 Å². The van der Waals surface area contributed by atoms with E-state index in [1.807, 2.05) is 36.4 Å². The van der Waals surface area contributed by atoms with Crippen LogP contribution in [-0.2, 0) is 14.2 Å². The number of likely N-dealkylation sites (tertiary alicyclic amines) is 1. The number of hydrogen-bond donors (Lipinski definition) is 1. The Labute approximate surface area is 258 Å². The second-order valence-electron chi connectivity index (χ2n) is 12.6. The SMILES string of the molecule is COCCCCOc1ccc2cc(-c3noc(C4CCCN4C(=NC(=O)OC(C)(C)C)NC(=O)OC(C)(C)C)n3)ccc2c1. The van der Waals surface area contributed by atoms with Gasteiger partial charge in [-0.15, -0.1) is 4.99 Å². The van der Waals surface area contributed by atoms with Crippen LogP contribution in [0.15, 0.2) is 45.9 Å². The van der Waals surface area contributed by atoms with Crippen molar-refractivity contribution in [1.82, 2.24) is 20.4 Å². The van der Waals surface area contributed by atoms with E-state index in [-0.39, 0.29) is 5.96 Å². The number of ether oxygens (including phenoxy) is 4. The number of nitrogens with zero attached hydrogens (tertiary/aromatic N) is 4. The maximum atomic E-state index is 12.7. The van der Waals surface area contributed by atoms with Crippen LogP contribution in [0.4, 0.5) is 9.59 Å². The van der Waals surface area contributed by atoms with E-state index < -0.39 is 29.4 Å². The molecule has 2 heterocycles. The lowest BCUT2D eigenvalue weighted by atomic mass is 10.1. The lowest BCUT2D eigenvalue weighted by molar-refractivity contribution is 0.0553. The Morgan fingerprint density at radius 3 is 2.43 bits per heavy atom. The number of unbranched alkanes of at least 4 members (excludes halogenated alkanes) is 1. The Morgan fingerprint density at radius 2 is 1.70 bits per heavy atom. The van der Waals surface area contributed by atoms with Crippen molar-refractivity contribution in [2.75, 3.05) is 26.9 Å². The number of benzene rings is 2. The van der Waals surface area contributed by atoms with Gasteiger partial charge in [0.25, 0.3) is 0 Å². The van der Waals surface area contributed by atoms with Gasteiger partial charge in [-0.2, -0.15) is 4.98 Å². The van der Waals surface area contributed by atoms with Crippen LogP contribution in [0.3, 0.4) is 0 Å². The molecule has 3 aromatic rings. The first-order valence-electron chi connectivity index (χ1n) is 14.9. The second-order valence-corrected chi connectivity index (χ2v) is 12.6. The molecule has 1 fully saturated rings. The number of carbonyl (C=O) groups excluding carboxylic acids is 2. The Kier molecular flexibility index (Phi) is 10.5. The Hall–Kier alpha value is -4.19. The van der Waals surface area contributed by atoms with Gasteiger partial charge in [0.2, 0.25) is 17.7 Å². The molecule has 1 unspecified atom stereocenters. The lowest BCUT2D eigenvalue weighted by Crippen LogP contribution is -2.46. The molecule has 12 nitrogen and oxygen atoms in total. The topological polar surface area (TPSA) is 138 Å². The third-order valence-electron chi connectivity index (χ3n) is 6.54. The summed E-state index contributed by atoms with van der Waals surface area (Å²) in [6.45, 7) is 12.3. The van der Waals surface area contributed by atoms with Gasteiger partial charge in [0.05, 0.1) is 6.61 Å². The van der Waals surface area contributed by atoms with Crippen LogP contribution < -0.4 is 10.1 Å². The number of methoxy groups -OCH3 is 1. The summed E-state index contributed by atoms with van der Waals surface area (Å²) < 4.78 is 27.5. The molecule has 0 spiro atoms. The molecular formula is C32H43N5O7. The number of aromatic nitrogens is 2. The van der Waals surface area contributed by atoms with E-state index in [1.54, 1.807) is 53.6 Å². The van der Waals surface area contributed by atoms with Crippen LogP contribution in [0.1, 0.15) is 79.2 Å². The molecule has 0 bridgehead atoms. The molecule has 1 aromatic heterocycles. The van der Waals surface area contributed by atoms with Crippen LogP contribution >= 0.6 is 0 Å². The van der Waals surface area contributed by atoms with Crippen molar-refractivity contribution in [1.29, 1.82) is 0 Å². The van der Waals surface area contributed by atoms with Crippen molar-refractivity contribution >= 4 is 28.9 Å². The number of fused-ring (bicyclic) bond motifs is 1. The molecule has 1 aliphatic rings. The zero-order valence-electron chi connectivity index (χ0n) is 26.6. The standard InChI is InChI=1S/C32H43N5O7/c1-31(2,3)42-29(38)34-28(35-30(39)43-32(4,5)6)37-16-10-11-25(37)27-33-26(36-44-27)23-13-12-22-20-24(15-14-21(22)19-23)41-18-9-8-17-40-7/h12-15,19-20,25H,8-11,16-18H2,1-7H3,(H,34,35,38,39). The van der Waals surface area contributed by atoms with Gasteiger partial charge in [-0.05, 0) is 96.2 Å². The first-order chi connectivity index (χ1) is 20.8. The van der Waals surface area contributed by atoms with Gasteiger partial charge < -0.3 is 28.4 Å². The number of nitrogens with one attached hydrogen (secondary N) is 1. The van der Waals surface area contributed by atoms with E-state index in [0.29, 0.717) is 31.3 Å². The molecule has 1 N–H and O–H groups in total. The first kappa shape index (κ1) is 32.7. The van der Waals surface area contributed by atoms with E-state index in [1.165, 1.54) is 0 Å². The number of aliphatic imine (C=N–C) groups is 1. The molecule has 0 saturated carbocycles. The van der Waals surface area contributed by atoms with Gasteiger partial charge in [0.1, 0.15) is 23.0 Å². The molecule has 4 rings (SSSR count). The minimum absolute atomic E-state index is 0.00169. The van der Waals surface area contributed by atoms with Crippen LogP contribution in [0.2, 0.25) is 0 Å². The van der Waals surface area contributed by atoms with Crippen LogP contribution in [-0.4, -0.2) is 71.3 Å². The summed E-state index contributed by atoms with van der Waals surface area (Å²) in [6.07, 6.45) is 1.70. The predicted octanol–water partition coefficient (Wildman–Crippen LogP) is 6.65. The Bertz CT molecular complexity index is 1470. The van der Waals surface area contributed by atoms with Crippen molar-refractivity contribution in [3.8, 4) is 17.1 Å². The molecule has 44 heavy (non-hydrogen) atoms. The summed E-state index contributed by atoms with van der Waals surface area (Å²) in [6, 6.07) is 11.5. The predicted molar refractivity (Wildman–Crippen MR) is 166 cm³/mol. The highest BCUT2D eigenvalue weighted by Gasteiger charge is 2.35. The maximum Gasteiger partial charge on any atom is 0.437 e. The number of carbonyl (C=O) groups is 2. The third kappa shape index (κ3) is 9.40. The van der Waals surface area contributed by atoms with E-state index in [9.17, 15) is 9.59 Å². The summed E-state index contributed by atoms with van der Waals surface area (Å²) in [5, 5.41) is 8.91. The van der Waals surface area contributed by atoms with Crippen molar-refractivity contribution in [2.24, 2.45) is 4.99 Å². The van der Waals surface area contributed by atoms with Crippen LogP contribution in [0, 0.1) is 0 Å². The maximum absolute atomic E-state index is 12.7. The minimum atomic E-state index is -0.837. The highest BCUT2D eigenvalue weighted by molar-refractivity contribution is 5.99. The molecule has 12 heteroatoms. The van der Waals surface area contributed by atoms with Crippen molar-refractivity contribution in [3.63, 3.8) is 0 Å². The molecule has 1 saturated heterocycles. The largest absolute Gasteiger partial charge is 0.494 e. The number of alkyl carbamates (subject to hydrolysis) is 1. The fourth-order valence-corrected chi connectivity index (χ4v) is 4.69. The monoisotopic (exact) mass is 609 g/mol. The number of guanidine groups is 1. The molecule has 1 atom stereocenters. The summed E-state index contributed by atoms with van der Waals surface area (Å²) in [4.78, 5) is 35.9. The number of amides is 2. The van der Waals surface area contributed by atoms with E-state index in [2.05, 4.69) is 15.5 Å². The number of hydrogen-bond acceptors (Lipinski definition) is 9. The van der Waals surface area contributed by atoms with E-state index >= 15 is 0 Å². The highest BCUT2D eigenvalue weighted by Crippen LogP contribution is 2.33. The third-order valence-corrected chi connectivity index (χ3v) is 6.54. The Balaban J connectivity index is 1.52. The zero-order chi connectivity index (χ0) is 31.9. The summed E-state index contributed by atoms with van der Waals surface area (Å²) >= 11 is 0. The molecule has 0 aliphatic carbocycles. The second kappa shape index (κ2) is 14.1. The lowest BCUT2D eigenvalue weighted by Gasteiger charge is -2.27. The quantitative estimate of drug-likeness (QED) is 0.168. The van der Waals surface area contributed by atoms with Gasteiger partial charge in [-0.1, -0.05) is 23.4 Å². The van der Waals surface area contributed by atoms with Gasteiger partial charge in [-0.25, -0.2) is 9.59 Å². The average Bonchev–Trinajstić information content (AvgIpc) is 3.60. The number of rotatable bonds is 8. The summed E-state index contributed by atoms with van der Waals surface area (Å²) in [5.41, 5.74) is -0.715. The summed E-state index contributed by atoms with van der Waals surface area (Å²) in [7, 11) is 1.70. The molecule has 2 amide bonds. The highest BCUT2D eigenvalue weighted by atomic mass is 16.6. The van der Waals surface area contributed by atoms with Crippen LogP contribution in [0.25, 0.3) is 22.2 Å². The van der Waals surface area contributed by atoms with Crippen molar-refractivity contribution in [3.05, 3.63) is 42.3 Å². The molecular weight excluding hydrogens is 566 g/mol. The van der Waals surface area contributed by atoms with Gasteiger partial charge >= 0.3 is 12.2 Å². The zero-order valence-corrected chi connectivity index (χ0v) is 26.6. The molecule has 2 aromatic carbocycles. The Morgan fingerprint density at radius 1 is 1.00 bits per heavy atom. The summed E-state index contributed by atoms with van der Waals surface area (Å²) in [5.74, 6) is 1.59. The van der Waals surface area contributed by atoms with Crippen molar-refractivity contribution < 1.29 is 33.1 Å². The van der Waals surface area contributed by atoms with Gasteiger partial charge in [-0.3, -0.25) is 5.32 Å². The minimum Gasteiger partial charge on any atom is -0.494 e. The molecule has 0 radical (unpaired) electrons. The fourth-order valence-electron chi connectivity index (χ4n) is 4.69. The molecule has 238 valence electrons. The first-order valence-corrected chi connectivity index (χ1v) is 14.9. The van der Waals surface area contributed by atoms with Gasteiger partial charge in [0, 0.05) is 25.8 Å². The average molecular weight is 610 g/mol.